The number of carbonyl (C=O) groups is 2. The van der Waals surface area contributed by atoms with Crippen LogP contribution in [0.15, 0.2) is 60.8 Å². The predicted octanol–water partition coefficient (Wildman–Crippen LogP) is 14.2. The zero-order valence-electron chi connectivity index (χ0n) is 40.6. The Bertz CT molecular complexity index is 1240. The van der Waals surface area contributed by atoms with E-state index < -0.39 is 32.5 Å². The van der Waals surface area contributed by atoms with Gasteiger partial charge in [0.1, 0.15) is 19.8 Å². The van der Waals surface area contributed by atoms with E-state index >= 15 is 0 Å². The number of quaternary nitrogens is 1. The molecule has 0 aromatic heterocycles. The van der Waals surface area contributed by atoms with Crippen LogP contribution >= 0.6 is 7.82 Å². The van der Waals surface area contributed by atoms with E-state index in [0.29, 0.717) is 17.4 Å². The lowest BCUT2D eigenvalue weighted by molar-refractivity contribution is -0.870. The minimum Gasteiger partial charge on any atom is -0.756 e. The molecule has 360 valence electrons. The van der Waals surface area contributed by atoms with Crippen LogP contribution in [0.1, 0.15) is 206 Å². The number of hydrogen-bond acceptors (Lipinski definition) is 8. The van der Waals surface area contributed by atoms with Gasteiger partial charge in [-0.3, -0.25) is 14.2 Å². The van der Waals surface area contributed by atoms with Gasteiger partial charge in [0.05, 0.1) is 34.2 Å². The molecule has 0 aliphatic carbocycles. The van der Waals surface area contributed by atoms with Gasteiger partial charge in [0.25, 0.3) is 7.82 Å². The van der Waals surface area contributed by atoms with Crippen molar-refractivity contribution in [2.75, 3.05) is 47.5 Å². The Kier molecular flexibility index (Phi) is 42.3. The second-order valence-electron chi connectivity index (χ2n) is 17.8. The summed E-state index contributed by atoms with van der Waals surface area (Å²) in [4.78, 5) is 37.6. The summed E-state index contributed by atoms with van der Waals surface area (Å²) in [6, 6.07) is 0. The van der Waals surface area contributed by atoms with Crippen molar-refractivity contribution in [3.05, 3.63) is 60.8 Å². The minimum absolute atomic E-state index is 0.00743. The van der Waals surface area contributed by atoms with Crippen molar-refractivity contribution in [3.8, 4) is 0 Å². The van der Waals surface area contributed by atoms with Crippen molar-refractivity contribution in [2.24, 2.45) is 0 Å². The lowest BCUT2D eigenvalue weighted by Gasteiger charge is -2.28. The Balaban J connectivity index is 4.28. The fourth-order valence-corrected chi connectivity index (χ4v) is 7.46. The third-order valence-electron chi connectivity index (χ3n) is 10.6. The topological polar surface area (TPSA) is 111 Å². The van der Waals surface area contributed by atoms with Crippen LogP contribution in [0.4, 0.5) is 0 Å². The molecule has 2 unspecified atom stereocenters. The molecule has 0 saturated carbocycles. The number of carbonyl (C=O) groups excluding carboxylic acids is 2. The van der Waals surface area contributed by atoms with Gasteiger partial charge < -0.3 is 27.9 Å². The zero-order chi connectivity index (χ0) is 45.7. The molecule has 0 rings (SSSR count). The largest absolute Gasteiger partial charge is 0.756 e. The highest BCUT2D eigenvalue weighted by molar-refractivity contribution is 7.45. The number of allylic oxidation sites excluding steroid dienone is 9. The van der Waals surface area contributed by atoms with Crippen LogP contribution in [-0.2, 0) is 32.7 Å². The molecule has 0 spiro atoms. The molecule has 0 aromatic rings. The van der Waals surface area contributed by atoms with Crippen LogP contribution in [-0.4, -0.2) is 70.0 Å². The molecule has 0 amide bonds. The maximum Gasteiger partial charge on any atom is 0.310 e. The first kappa shape index (κ1) is 59.7. The van der Waals surface area contributed by atoms with Crippen LogP contribution in [0, 0.1) is 0 Å². The number of likely N-dealkylation sites (N-methyl/N-ethyl adjacent to an activating group) is 1. The Morgan fingerprint density at radius 3 is 1.31 bits per heavy atom. The van der Waals surface area contributed by atoms with Gasteiger partial charge >= 0.3 is 11.9 Å². The third-order valence-corrected chi connectivity index (χ3v) is 11.5. The molecule has 10 heteroatoms. The number of rotatable bonds is 45. The fourth-order valence-electron chi connectivity index (χ4n) is 6.73. The molecule has 2 atom stereocenters. The lowest BCUT2D eigenvalue weighted by atomic mass is 10.0. The van der Waals surface area contributed by atoms with Crippen LogP contribution in [0.5, 0.6) is 0 Å². The van der Waals surface area contributed by atoms with E-state index in [9.17, 15) is 19.0 Å². The number of nitrogens with zero attached hydrogens (tertiary/aromatic N) is 1. The highest BCUT2D eigenvalue weighted by Crippen LogP contribution is 2.38. The van der Waals surface area contributed by atoms with E-state index in [1.807, 2.05) is 33.3 Å². The van der Waals surface area contributed by atoms with Gasteiger partial charge in [0, 0.05) is 6.42 Å². The molecular weight excluding hydrogens is 798 g/mol. The number of phosphoric ester groups is 1. The molecule has 0 bridgehead atoms. The number of esters is 2. The first-order valence-electron chi connectivity index (χ1n) is 25.0. The Morgan fingerprint density at radius 1 is 0.516 bits per heavy atom. The molecule has 0 aliphatic heterocycles. The maximum atomic E-state index is 12.6. The Hall–Kier alpha value is -2.29. The summed E-state index contributed by atoms with van der Waals surface area (Å²) in [5.41, 5.74) is 0. The Morgan fingerprint density at radius 2 is 0.903 bits per heavy atom. The summed E-state index contributed by atoms with van der Waals surface area (Å²) in [6.45, 7) is 4.02. The molecule has 0 radical (unpaired) electrons. The summed E-state index contributed by atoms with van der Waals surface area (Å²) >= 11 is 0. The first-order chi connectivity index (χ1) is 30.0. The number of ether oxygens (including phenoxy) is 2. The highest BCUT2D eigenvalue weighted by atomic mass is 31.2. The van der Waals surface area contributed by atoms with Gasteiger partial charge in [-0.05, 0) is 38.5 Å². The molecule has 62 heavy (non-hydrogen) atoms. The lowest BCUT2D eigenvalue weighted by Crippen LogP contribution is -2.37. The van der Waals surface area contributed by atoms with Crippen LogP contribution in [0.25, 0.3) is 0 Å². The summed E-state index contributed by atoms with van der Waals surface area (Å²) in [5.74, 6) is -0.977. The second kappa shape index (κ2) is 43.9. The molecular formula is C52H94NO8P. The van der Waals surface area contributed by atoms with E-state index in [1.165, 1.54) is 128 Å². The molecule has 0 aliphatic rings. The minimum atomic E-state index is -4.65. The SMILES string of the molecule is CC/C=C\C/C=C\C/C=C\C/C=C\C/C=C\CC(=O)OC(COC(=O)CCCCCCCCCCCCCCCCCCCCCCCCC)COP(=O)([O-])OCC[N+](C)(C)C. The van der Waals surface area contributed by atoms with Crippen molar-refractivity contribution in [1.82, 2.24) is 0 Å². The number of hydrogen-bond donors (Lipinski definition) is 0. The van der Waals surface area contributed by atoms with Crippen molar-refractivity contribution in [3.63, 3.8) is 0 Å². The van der Waals surface area contributed by atoms with Crippen molar-refractivity contribution < 1.29 is 42.1 Å². The molecule has 9 nitrogen and oxygen atoms in total. The predicted molar refractivity (Wildman–Crippen MR) is 259 cm³/mol. The van der Waals surface area contributed by atoms with Crippen molar-refractivity contribution in [2.45, 2.75) is 213 Å². The quantitative estimate of drug-likeness (QED) is 0.0195. The average molecular weight is 892 g/mol. The van der Waals surface area contributed by atoms with Gasteiger partial charge in [-0.15, -0.1) is 0 Å². The normalized spacial score (nSPS) is 14.0. The number of unbranched alkanes of at least 4 members (excludes halogenated alkanes) is 22. The molecule has 0 saturated heterocycles. The second-order valence-corrected chi connectivity index (χ2v) is 19.2. The van der Waals surface area contributed by atoms with E-state index in [-0.39, 0.29) is 26.1 Å². The maximum absolute atomic E-state index is 12.6. The van der Waals surface area contributed by atoms with Gasteiger partial charge in [-0.2, -0.15) is 0 Å². The zero-order valence-corrected chi connectivity index (χ0v) is 41.4. The summed E-state index contributed by atoms with van der Waals surface area (Å²) in [6.07, 6.45) is 54.4. The average Bonchev–Trinajstić information content (AvgIpc) is 3.23. The van der Waals surface area contributed by atoms with E-state index in [4.69, 9.17) is 18.5 Å². The molecule has 0 fully saturated rings. The van der Waals surface area contributed by atoms with E-state index in [2.05, 4.69) is 56.4 Å². The molecule has 0 aromatic carbocycles. The van der Waals surface area contributed by atoms with Crippen molar-refractivity contribution in [1.29, 1.82) is 0 Å². The molecule has 0 N–H and O–H groups in total. The summed E-state index contributed by atoms with van der Waals surface area (Å²) in [5, 5.41) is 0. The standard InChI is InChI=1S/C52H94NO8P/c1-6-8-10-12-14-16-18-20-22-23-24-25-26-27-28-29-31-32-34-36-38-40-42-44-51(54)58-48-50(49-60-62(56,57)59-47-46-53(3,4)5)61-52(55)45-43-41-39-37-35-33-30-21-19-17-15-13-11-9-7-2/h9,11,15,17,21,30,35,37,41,43,50H,6-8,10,12-14,16,18-20,22-29,31-34,36,38-40,42,44-49H2,1-5H3/b11-9-,17-15-,30-21-,37-35-,43-41-. The van der Waals surface area contributed by atoms with Gasteiger partial charge in [-0.1, -0.05) is 216 Å². The van der Waals surface area contributed by atoms with E-state index in [1.54, 1.807) is 6.08 Å². The van der Waals surface area contributed by atoms with E-state index in [0.717, 1.165) is 44.9 Å². The summed E-state index contributed by atoms with van der Waals surface area (Å²) < 4.78 is 33.8. The third kappa shape index (κ3) is 47.2. The molecule has 0 heterocycles. The summed E-state index contributed by atoms with van der Waals surface area (Å²) in [7, 11) is 1.11. The smallest absolute Gasteiger partial charge is 0.310 e. The Labute approximate surface area is 381 Å². The van der Waals surface area contributed by atoms with Gasteiger partial charge in [0.2, 0.25) is 0 Å². The number of phosphoric acid groups is 1. The van der Waals surface area contributed by atoms with Crippen LogP contribution < -0.4 is 4.89 Å². The fraction of sp³-hybridized carbons (Fsp3) is 0.769. The van der Waals surface area contributed by atoms with Gasteiger partial charge in [-0.25, -0.2) is 0 Å². The van der Waals surface area contributed by atoms with Crippen molar-refractivity contribution >= 4 is 19.8 Å². The van der Waals surface area contributed by atoms with Crippen LogP contribution in [0.2, 0.25) is 0 Å². The first-order valence-corrected chi connectivity index (χ1v) is 26.5. The highest BCUT2D eigenvalue weighted by Gasteiger charge is 2.21. The van der Waals surface area contributed by atoms with Crippen LogP contribution in [0.3, 0.4) is 0 Å². The van der Waals surface area contributed by atoms with Gasteiger partial charge in [0.15, 0.2) is 6.10 Å². The monoisotopic (exact) mass is 892 g/mol.